The smallest absolute Gasteiger partial charge is 0.190 e. The SMILES string of the molecule is CC1=C(C/C=C(\C)CC(C)(C)CC(C)CC(C)C)C(=O)c2ccccc2C1=O. The molecule has 0 amide bonds. The Hall–Kier alpha value is -1.96. The predicted octanol–water partition coefficient (Wildman–Crippen LogP) is 7.21. The van der Waals surface area contributed by atoms with E-state index in [1.807, 2.05) is 12.1 Å². The van der Waals surface area contributed by atoms with Crippen molar-refractivity contribution in [2.45, 2.75) is 74.1 Å². The summed E-state index contributed by atoms with van der Waals surface area (Å²) in [6.45, 7) is 15.5. The van der Waals surface area contributed by atoms with Crippen molar-refractivity contribution in [1.29, 1.82) is 0 Å². The van der Waals surface area contributed by atoms with Crippen molar-refractivity contribution < 1.29 is 9.59 Å². The minimum atomic E-state index is -0.0147. The molecule has 0 aromatic heterocycles. The van der Waals surface area contributed by atoms with E-state index in [0.717, 1.165) is 12.3 Å². The lowest BCUT2D eigenvalue weighted by Gasteiger charge is -2.29. The molecule has 0 spiro atoms. The van der Waals surface area contributed by atoms with Crippen LogP contribution in [-0.4, -0.2) is 11.6 Å². The van der Waals surface area contributed by atoms with Crippen molar-refractivity contribution >= 4 is 11.6 Å². The van der Waals surface area contributed by atoms with Crippen LogP contribution in [-0.2, 0) is 0 Å². The number of hydrogen-bond acceptors (Lipinski definition) is 2. The molecule has 1 aromatic carbocycles. The largest absolute Gasteiger partial charge is 0.289 e. The quantitative estimate of drug-likeness (QED) is 0.447. The first-order valence-electron chi connectivity index (χ1n) is 10.6. The van der Waals surface area contributed by atoms with Crippen molar-refractivity contribution in [3.8, 4) is 0 Å². The molecule has 1 unspecified atom stereocenters. The number of hydrogen-bond donors (Lipinski definition) is 0. The van der Waals surface area contributed by atoms with Crippen LogP contribution in [0.1, 0.15) is 94.9 Å². The average Bonchev–Trinajstić information content (AvgIpc) is 2.58. The fourth-order valence-electron chi connectivity index (χ4n) is 4.80. The molecule has 1 atom stereocenters. The molecule has 0 heterocycles. The summed E-state index contributed by atoms with van der Waals surface area (Å²) in [5.74, 6) is 1.43. The average molecular weight is 381 g/mol. The highest BCUT2D eigenvalue weighted by Gasteiger charge is 2.29. The Morgan fingerprint density at radius 1 is 1.04 bits per heavy atom. The van der Waals surface area contributed by atoms with Gasteiger partial charge in [0.05, 0.1) is 0 Å². The maximum atomic E-state index is 12.9. The van der Waals surface area contributed by atoms with Gasteiger partial charge < -0.3 is 0 Å². The van der Waals surface area contributed by atoms with Gasteiger partial charge in [-0.2, -0.15) is 0 Å². The highest BCUT2D eigenvalue weighted by atomic mass is 16.1. The van der Waals surface area contributed by atoms with Crippen LogP contribution >= 0.6 is 0 Å². The van der Waals surface area contributed by atoms with E-state index in [2.05, 4.69) is 47.6 Å². The van der Waals surface area contributed by atoms with Crippen LogP contribution < -0.4 is 0 Å². The molecule has 1 aromatic rings. The standard InChI is InChI=1S/C26H36O2/c1-17(2)14-19(4)16-26(6,7)15-18(3)12-13-21-20(5)24(27)22-10-8-9-11-23(22)25(21)28/h8-12,17,19H,13-16H2,1-7H3/b18-12+. The predicted molar refractivity (Wildman–Crippen MR) is 118 cm³/mol. The third-order valence-electron chi connectivity index (χ3n) is 5.67. The van der Waals surface area contributed by atoms with Gasteiger partial charge in [-0.1, -0.05) is 70.5 Å². The number of fused-ring (bicyclic) bond motifs is 1. The maximum absolute atomic E-state index is 12.9. The van der Waals surface area contributed by atoms with E-state index >= 15 is 0 Å². The van der Waals surface area contributed by atoms with Gasteiger partial charge in [0.1, 0.15) is 0 Å². The Morgan fingerprint density at radius 3 is 2.18 bits per heavy atom. The summed E-state index contributed by atoms with van der Waals surface area (Å²) in [6, 6.07) is 7.15. The van der Waals surface area contributed by atoms with Gasteiger partial charge in [-0.25, -0.2) is 0 Å². The topological polar surface area (TPSA) is 34.1 Å². The summed E-state index contributed by atoms with van der Waals surface area (Å²) in [5, 5.41) is 0. The molecule has 152 valence electrons. The zero-order chi connectivity index (χ0) is 21.1. The summed E-state index contributed by atoms with van der Waals surface area (Å²) in [7, 11) is 0. The van der Waals surface area contributed by atoms with Crippen molar-refractivity contribution in [3.05, 3.63) is 58.2 Å². The molecule has 0 fully saturated rings. The van der Waals surface area contributed by atoms with Crippen molar-refractivity contribution in [3.63, 3.8) is 0 Å². The van der Waals surface area contributed by atoms with E-state index in [1.54, 1.807) is 19.1 Å². The molecule has 2 rings (SSSR count). The monoisotopic (exact) mass is 380 g/mol. The zero-order valence-electron chi connectivity index (χ0n) is 18.7. The third kappa shape index (κ3) is 5.53. The lowest BCUT2D eigenvalue weighted by atomic mass is 9.76. The van der Waals surface area contributed by atoms with Crippen LogP contribution in [0.2, 0.25) is 0 Å². The second kappa shape index (κ2) is 9.03. The Balaban J connectivity index is 2.09. The van der Waals surface area contributed by atoms with Gasteiger partial charge in [0, 0.05) is 22.3 Å². The summed E-state index contributed by atoms with van der Waals surface area (Å²) in [5.41, 5.74) is 3.85. The molecule has 1 aliphatic carbocycles. The Morgan fingerprint density at radius 2 is 1.61 bits per heavy atom. The molecule has 28 heavy (non-hydrogen) atoms. The van der Waals surface area contributed by atoms with Gasteiger partial charge in [-0.05, 0) is 56.8 Å². The lowest BCUT2D eigenvalue weighted by Crippen LogP contribution is -2.20. The van der Waals surface area contributed by atoms with E-state index in [0.29, 0.717) is 34.6 Å². The second-order valence-corrected chi connectivity index (χ2v) is 9.84. The van der Waals surface area contributed by atoms with Crippen molar-refractivity contribution in [2.75, 3.05) is 0 Å². The van der Waals surface area contributed by atoms with Crippen LogP contribution in [0.4, 0.5) is 0 Å². The Bertz CT molecular complexity index is 805. The first-order valence-corrected chi connectivity index (χ1v) is 10.6. The highest BCUT2D eigenvalue weighted by molar-refractivity contribution is 6.26. The summed E-state index contributed by atoms with van der Waals surface area (Å²) >= 11 is 0. The summed E-state index contributed by atoms with van der Waals surface area (Å²) in [4.78, 5) is 25.5. The van der Waals surface area contributed by atoms with E-state index in [-0.39, 0.29) is 17.0 Å². The zero-order valence-corrected chi connectivity index (χ0v) is 18.7. The van der Waals surface area contributed by atoms with Gasteiger partial charge >= 0.3 is 0 Å². The number of Topliss-reactive ketones (excluding diaryl/α,β-unsaturated/α-hetero) is 2. The molecule has 0 aliphatic heterocycles. The van der Waals surface area contributed by atoms with Crippen LogP contribution in [0, 0.1) is 17.3 Å². The van der Waals surface area contributed by atoms with Gasteiger partial charge in [-0.3, -0.25) is 9.59 Å². The molecule has 0 N–H and O–H groups in total. The van der Waals surface area contributed by atoms with Crippen molar-refractivity contribution in [1.82, 2.24) is 0 Å². The molecular formula is C26H36O2. The molecule has 0 saturated heterocycles. The third-order valence-corrected chi connectivity index (χ3v) is 5.67. The summed E-state index contributed by atoms with van der Waals surface area (Å²) in [6.07, 6.45) is 6.15. The van der Waals surface area contributed by atoms with E-state index in [9.17, 15) is 9.59 Å². The number of ketones is 2. The molecule has 0 radical (unpaired) electrons. The minimum absolute atomic E-state index is 0.00145. The number of carbonyl (C=O) groups excluding carboxylic acids is 2. The minimum Gasteiger partial charge on any atom is -0.289 e. The van der Waals surface area contributed by atoms with E-state index in [4.69, 9.17) is 0 Å². The first-order chi connectivity index (χ1) is 13.0. The number of carbonyl (C=O) groups is 2. The van der Waals surface area contributed by atoms with E-state index < -0.39 is 0 Å². The first kappa shape index (κ1) is 22.3. The fourth-order valence-corrected chi connectivity index (χ4v) is 4.80. The molecule has 0 saturated carbocycles. The molecule has 0 bridgehead atoms. The second-order valence-electron chi connectivity index (χ2n) is 9.84. The number of rotatable bonds is 8. The number of allylic oxidation sites excluding steroid dienone is 4. The van der Waals surface area contributed by atoms with Crippen LogP contribution in [0.15, 0.2) is 47.1 Å². The Labute approximate surface area is 171 Å². The number of benzene rings is 1. The normalized spacial score (nSPS) is 16.6. The van der Waals surface area contributed by atoms with Crippen LogP contribution in [0.25, 0.3) is 0 Å². The maximum Gasteiger partial charge on any atom is 0.190 e. The molecule has 2 heteroatoms. The molecule has 2 nitrogen and oxygen atoms in total. The van der Waals surface area contributed by atoms with Gasteiger partial charge in [0.15, 0.2) is 11.6 Å². The Kier molecular flexibility index (Phi) is 7.20. The lowest BCUT2D eigenvalue weighted by molar-refractivity contribution is 0.0973. The van der Waals surface area contributed by atoms with Crippen molar-refractivity contribution in [2.24, 2.45) is 17.3 Å². The van der Waals surface area contributed by atoms with E-state index in [1.165, 1.54) is 18.4 Å². The molecule has 1 aliphatic rings. The van der Waals surface area contributed by atoms with Gasteiger partial charge in [0.25, 0.3) is 0 Å². The van der Waals surface area contributed by atoms with Crippen LogP contribution in [0.5, 0.6) is 0 Å². The fraction of sp³-hybridized carbons (Fsp3) is 0.538. The van der Waals surface area contributed by atoms with Gasteiger partial charge in [-0.15, -0.1) is 0 Å². The van der Waals surface area contributed by atoms with Crippen LogP contribution in [0.3, 0.4) is 0 Å². The summed E-state index contributed by atoms with van der Waals surface area (Å²) < 4.78 is 0. The van der Waals surface area contributed by atoms with Gasteiger partial charge in [0.2, 0.25) is 0 Å². The highest BCUT2D eigenvalue weighted by Crippen LogP contribution is 2.35. The molecular weight excluding hydrogens is 344 g/mol.